The molecule has 0 aliphatic carbocycles. The molecule has 1 aromatic carbocycles. The molecule has 0 spiro atoms. The van der Waals surface area contributed by atoms with Gasteiger partial charge in [0.15, 0.2) is 0 Å². The van der Waals surface area contributed by atoms with Crippen LogP contribution in [-0.4, -0.2) is 19.1 Å². The van der Waals surface area contributed by atoms with Gasteiger partial charge in [-0.1, -0.05) is 12.1 Å². The van der Waals surface area contributed by atoms with E-state index in [9.17, 15) is 0 Å². The maximum absolute atomic E-state index is 5.85. The fourth-order valence-electron chi connectivity index (χ4n) is 1.82. The summed E-state index contributed by atoms with van der Waals surface area (Å²) in [5.74, 6) is 0. The van der Waals surface area contributed by atoms with Crippen LogP contribution >= 0.6 is 0 Å². The predicted octanol–water partition coefficient (Wildman–Crippen LogP) is 1.43. The topological polar surface area (TPSA) is 50.1 Å². The summed E-state index contributed by atoms with van der Waals surface area (Å²) in [6.45, 7) is 2.18. The molecule has 0 saturated carbocycles. The van der Waals surface area contributed by atoms with Gasteiger partial charge in [0.05, 0.1) is 11.4 Å². The Bertz CT molecular complexity index is 292. The van der Waals surface area contributed by atoms with Gasteiger partial charge in [-0.3, -0.25) is 0 Å². The Morgan fingerprint density at radius 1 is 1.36 bits per heavy atom. The van der Waals surface area contributed by atoms with Crippen LogP contribution < -0.4 is 16.4 Å². The van der Waals surface area contributed by atoms with Gasteiger partial charge >= 0.3 is 0 Å². The fraction of sp³-hybridized carbons (Fsp3) is 0.455. The predicted molar refractivity (Wildman–Crippen MR) is 60.4 cm³/mol. The monoisotopic (exact) mass is 191 g/mol. The lowest BCUT2D eigenvalue weighted by Crippen LogP contribution is -2.38. The summed E-state index contributed by atoms with van der Waals surface area (Å²) < 4.78 is 0. The van der Waals surface area contributed by atoms with Gasteiger partial charge in [-0.15, -0.1) is 0 Å². The average molecular weight is 191 g/mol. The Morgan fingerprint density at radius 2 is 2.21 bits per heavy atom. The van der Waals surface area contributed by atoms with E-state index in [1.807, 2.05) is 24.3 Å². The first-order valence-corrected chi connectivity index (χ1v) is 5.18. The van der Waals surface area contributed by atoms with Crippen molar-refractivity contribution in [1.82, 2.24) is 5.32 Å². The molecule has 3 heteroatoms. The molecular weight excluding hydrogens is 174 g/mol. The molecule has 14 heavy (non-hydrogen) atoms. The second-order valence-electron chi connectivity index (χ2n) is 3.77. The normalized spacial score (nSPS) is 21.9. The van der Waals surface area contributed by atoms with Gasteiger partial charge in [-0.2, -0.15) is 0 Å². The lowest BCUT2D eigenvalue weighted by Gasteiger charge is -2.25. The molecule has 3 nitrogen and oxygen atoms in total. The lowest BCUT2D eigenvalue weighted by atomic mass is 10.1. The molecule has 1 aliphatic rings. The van der Waals surface area contributed by atoms with Crippen molar-refractivity contribution >= 4 is 11.4 Å². The van der Waals surface area contributed by atoms with Crippen LogP contribution in [0.2, 0.25) is 0 Å². The quantitative estimate of drug-likeness (QED) is 0.620. The molecule has 0 radical (unpaired) electrons. The zero-order valence-corrected chi connectivity index (χ0v) is 8.29. The average Bonchev–Trinajstić information content (AvgIpc) is 2.23. The van der Waals surface area contributed by atoms with Crippen molar-refractivity contribution in [1.29, 1.82) is 0 Å². The highest BCUT2D eigenvalue weighted by Crippen LogP contribution is 2.19. The molecular formula is C11H17N3. The van der Waals surface area contributed by atoms with E-state index in [0.717, 1.165) is 24.5 Å². The van der Waals surface area contributed by atoms with E-state index in [1.165, 1.54) is 12.8 Å². The fourth-order valence-corrected chi connectivity index (χ4v) is 1.82. The van der Waals surface area contributed by atoms with Crippen LogP contribution in [0, 0.1) is 0 Å². The minimum Gasteiger partial charge on any atom is -0.397 e. The van der Waals surface area contributed by atoms with Crippen molar-refractivity contribution in [2.24, 2.45) is 0 Å². The number of rotatable bonds is 2. The Morgan fingerprint density at radius 3 is 2.93 bits per heavy atom. The number of nitrogens with two attached hydrogens (primary N) is 1. The summed E-state index contributed by atoms with van der Waals surface area (Å²) in [7, 11) is 0. The van der Waals surface area contributed by atoms with E-state index in [1.54, 1.807) is 0 Å². The Kier molecular flexibility index (Phi) is 2.89. The van der Waals surface area contributed by atoms with Gasteiger partial charge < -0.3 is 16.4 Å². The SMILES string of the molecule is Nc1ccccc1NC1CCCNC1. The van der Waals surface area contributed by atoms with Crippen molar-refractivity contribution in [3.63, 3.8) is 0 Å². The van der Waals surface area contributed by atoms with Crippen LogP contribution in [0.25, 0.3) is 0 Å². The standard InChI is InChI=1S/C11H17N3/c12-10-5-1-2-6-11(10)14-9-4-3-7-13-8-9/h1-2,5-6,9,13-14H,3-4,7-8,12H2. The Balaban J connectivity index is 1.99. The van der Waals surface area contributed by atoms with Gasteiger partial charge in [0, 0.05) is 12.6 Å². The summed E-state index contributed by atoms with van der Waals surface area (Å²) in [5.41, 5.74) is 7.74. The Labute approximate surface area is 84.7 Å². The van der Waals surface area contributed by atoms with Crippen molar-refractivity contribution in [3.05, 3.63) is 24.3 Å². The van der Waals surface area contributed by atoms with Crippen LogP contribution in [0.1, 0.15) is 12.8 Å². The maximum Gasteiger partial charge on any atom is 0.0576 e. The van der Waals surface area contributed by atoms with E-state index in [-0.39, 0.29) is 0 Å². The number of piperidine rings is 1. The third kappa shape index (κ3) is 2.17. The largest absolute Gasteiger partial charge is 0.397 e. The second kappa shape index (κ2) is 4.33. The van der Waals surface area contributed by atoms with E-state index >= 15 is 0 Å². The van der Waals surface area contributed by atoms with E-state index in [0.29, 0.717) is 6.04 Å². The highest BCUT2D eigenvalue weighted by atomic mass is 15.0. The summed E-state index contributed by atoms with van der Waals surface area (Å²) in [4.78, 5) is 0. The van der Waals surface area contributed by atoms with Gasteiger partial charge in [0.25, 0.3) is 0 Å². The van der Waals surface area contributed by atoms with E-state index in [4.69, 9.17) is 5.73 Å². The molecule has 1 saturated heterocycles. The third-order valence-corrected chi connectivity index (χ3v) is 2.62. The Hall–Kier alpha value is -1.22. The molecule has 1 heterocycles. The summed E-state index contributed by atoms with van der Waals surface area (Å²) in [6.07, 6.45) is 2.46. The molecule has 0 amide bonds. The molecule has 4 N–H and O–H groups in total. The third-order valence-electron chi connectivity index (χ3n) is 2.62. The number of hydrogen-bond acceptors (Lipinski definition) is 3. The number of benzene rings is 1. The molecule has 1 unspecified atom stereocenters. The van der Waals surface area contributed by atoms with E-state index < -0.39 is 0 Å². The number of para-hydroxylation sites is 2. The van der Waals surface area contributed by atoms with Crippen molar-refractivity contribution in [2.75, 3.05) is 24.1 Å². The first-order chi connectivity index (χ1) is 6.86. The van der Waals surface area contributed by atoms with Crippen molar-refractivity contribution in [3.8, 4) is 0 Å². The van der Waals surface area contributed by atoms with Gasteiger partial charge in [-0.05, 0) is 31.5 Å². The number of nitrogen functional groups attached to an aromatic ring is 1. The highest BCUT2D eigenvalue weighted by molar-refractivity contribution is 5.66. The number of nitrogens with one attached hydrogen (secondary N) is 2. The minimum absolute atomic E-state index is 0.522. The first-order valence-electron chi connectivity index (χ1n) is 5.18. The number of hydrogen-bond donors (Lipinski definition) is 3. The minimum atomic E-state index is 0.522. The molecule has 76 valence electrons. The number of anilines is 2. The molecule has 0 bridgehead atoms. The maximum atomic E-state index is 5.85. The van der Waals surface area contributed by atoms with Crippen LogP contribution in [0.3, 0.4) is 0 Å². The lowest BCUT2D eigenvalue weighted by molar-refractivity contribution is 0.480. The van der Waals surface area contributed by atoms with Gasteiger partial charge in [0.1, 0.15) is 0 Å². The smallest absolute Gasteiger partial charge is 0.0576 e. The molecule has 1 fully saturated rings. The molecule has 1 atom stereocenters. The molecule has 1 aromatic rings. The molecule has 2 rings (SSSR count). The van der Waals surface area contributed by atoms with Crippen LogP contribution in [-0.2, 0) is 0 Å². The summed E-state index contributed by atoms with van der Waals surface area (Å²) in [5, 5.41) is 6.83. The highest BCUT2D eigenvalue weighted by Gasteiger charge is 2.12. The van der Waals surface area contributed by atoms with E-state index in [2.05, 4.69) is 10.6 Å². The zero-order chi connectivity index (χ0) is 9.80. The summed E-state index contributed by atoms with van der Waals surface area (Å²) >= 11 is 0. The van der Waals surface area contributed by atoms with Gasteiger partial charge in [0.2, 0.25) is 0 Å². The van der Waals surface area contributed by atoms with Crippen LogP contribution in [0.4, 0.5) is 11.4 Å². The second-order valence-corrected chi connectivity index (χ2v) is 3.77. The first kappa shape index (κ1) is 9.34. The van der Waals surface area contributed by atoms with Gasteiger partial charge in [-0.25, -0.2) is 0 Å². The molecule has 1 aliphatic heterocycles. The zero-order valence-electron chi connectivity index (χ0n) is 8.29. The summed E-state index contributed by atoms with van der Waals surface area (Å²) in [6, 6.07) is 8.45. The van der Waals surface area contributed by atoms with Crippen LogP contribution in [0.15, 0.2) is 24.3 Å². The van der Waals surface area contributed by atoms with Crippen LogP contribution in [0.5, 0.6) is 0 Å². The van der Waals surface area contributed by atoms with Crippen molar-refractivity contribution in [2.45, 2.75) is 18.9 Å². The van der Waals surface area contributed by atoms with Crippen molar-refractivity contribution < 1.29 is 0 Å². The molecule has 0 aromatic heterocycles.